The lowest BCUT2D eigenvalue weighted by atomic mass is 9.98. The molecule has 2 rings (SSSR count). The van der Waals surface area contributed by atoms with E-state index in [0.29, 0.717) is 13.0 Å². The molecule has 0 amide bonds. The molecule has 7 N–H and O–H groups in total. The van der Waals surface area contributed by atoms with Crippen LogP contribution in [0.4, 0.5) is 0 Å². The minimum atomic E-state index is -1.71. The quantitative estimate of drug-likeness (QED) is 0.0173. The van der Waals surface area contributed by atoms with Gasteiger partial charge in [0.2, 0.25) is 0 Å². The summed E-state index contributed by atoms with van der Waals surface area (Å²) in [6, 6.07) is 0. The normalized spacial score (nSPS) is 25.9. The molecule has 404 valence electrons. The van der Waals surface area contributed by atoms with Crippen LogP contribution in [0.15, 0.2) is 36.5 Å². The van der Waals surface area contributed by atoms with E-state index in [-0.39, 0.29) is 25.6 Å². The van der Waals surface area contributed by atoms with E-state index in [4.69, 9.17) is 28.4 Å². The number of aliphatic hydroxyl groups excluding tert-OH is 7. The summed E-state index contributed by atoms with van der Waals surface area (Å²) >= 11 is 0. The summed E-state index contributed by atoms with van der Waals surface area (Å²) in [6.45, 7) is 3.66. The van der Waals surface area contributed by atoms with E-state index in [1.807, 2.05) is 0 Å². The second-order valence-corrected chi connectivity index (χ2v) is 19.4. The zero-order chi connectivity index (χ0) is 50.2. The molecule has 69 heavy (non-hydrogen) atoms. The molecule has 14 heteroatoms. The highest BCUT2D eigenvalue weighted by Crippen LogP contribution is 2.26. The van der Waals surface area contributed by atoms with Crippen LogP contribution in [-0.2, 0) is 33.2 Å². The Kier molecular flexibility index (Phi) is 39.2. The van der Waals surface area contributed by atoms with Crippen molar-refractivity contribution in [3.63, 3.8) is 0 Å². The Morgan fingerprint density at radius 3 is 1.42 bits per heavy atom. The maximum atomic E-state index is 13.0. The largest absolute Gasteiger partial charge is 0.457 e. The Morgan fingerprint density at radius 2 is 0.899 bits per heavy atom. The monoisotopic (exact) mass is 985 g/mol. The van der Waals surface area contributed by atoms with Crippen LogP contribution >= 0.6 is 0 Å². The number of unbranched alkanes of at least 4 members (excludes halogenated alkanes) is 24. The summed E-state index contributed by atoms with van der Waals surface area (Å²) in [5, 5.41) is 72.2. The number of carbonyl (C=O) groups is 1. The van der Waals surface area contributed by atoms with Crippen molar-refractivity contribution in [3.05, 3.63) is 36.5 Å². The molecule has 2 aliphatic rings. The van der Waals surface area contributed by atoms with Crippen molar-refractivity contribution >= 4 is 5.97 Å². The lowest BCUT2D eigenvalue weighted by Gasteiger charge is -2.42. The molecule has 2 fully saturated rings. The SMILES string of the molecule is CCCCCC/C=C\C/C=C\CCCCCCCC(=O)OC(COCCCCCCCCCC/C=C\CCCCCCCCC)COC1OC(COC2OC(CO)C(O)C(O)C2O)C(O)C(O)C1O. The number of rotatable bonds is 44. The van der Waals surface area contributed by atoms with Gasteiger partial charge in [0.1, 0.15) is 54.9 Å². The first-order valence-corrected chi connectivity index (χ1v) is 27.6. The van der Waals surface area contributed by atoms with Gasteiger partial charge in [-0.2, -0.15) is 0 Å². The van der Waals surface area contributed by atoms with E-state index in [1.165, 1.54) is 116 Å². The number of ether oxygens (including phenoxy) is 6. The molecule has 11 unspecified atom stereocenters. The minimum Gasteiger partial charge on any atom is -0.457 e. The van der Waals surface area contributed by atoms with Crippen LogP contribution in [-0.4, -0.2) is 142 Å². The van der Waals surface area contributed by atoms with E-state index in [2.05, 4.69) is 50.3 Å². The Hall–Kier alpha value is -1.79. The van der Waals surface area contributed by atoms with Crippen LogP contribution in [0.25, 0.3) is 0 Å². The third-order valence-electron chi connectivity index (χ3n) is 13.1. The third-order valence-corrected chi connectivity index (χ3v) is 13.1. The van der Waals surface area contributed by atoms with Crippen molar-refractivity contribution in [1.82, 2.24) is 0 Å². The smallest absolute Gasteiger partial charge is 0.306 e. The second kappa shape index (κ2) is 42.7. The van der Waals surface area contributed by atoms with Crippen LogP contribution in [0, 0.1) is 0 Å². The Balaban J connectivity index is 1.75. The highest BCUT2D eigenvalue weighted by Gasteiger charge is 2.47. The molecule has 2 heterocycles. The van der Waals surface area contributed by atoms with Gasteiger partial charge in [-0.25, -0.2) is 0 Å². The van der Waals surface area contributed by atoms with Crippen molar-refractivity contribution in [2.75, 3.05) is 33.0 Å². The van der Waals surface area contributed by atoms with Crippen molar-refractivity contribution in [2.24, 2.45) is 0 Å². The second-order valence-electron chi connectivity index (χ2n) is 19.4. The van der Waals surface area contributed by atoms with Crippen molar-refractivity contribution < 1.29 is 69.0 Å². The predicted molar refractivity (Wildman–Crippen MR) is 270 cm³/mol. The number of carbonyl (C=O) groups excluding carboxylic acids is 1. The van der Waals surface area contributed by atoms with Gasteiger partial charge in [-0.05, 0) is 70.6 Å². The van der Waals surface area contributed by atoms with Gasteiger partial charge >= 0.3 is 5.97 Å². The zero-order valence-electron chi connectivity index (χ0n) is 43.1. The molecule has 0 saturated carbocycles. The van der Waals surface area contributed by atoms with Crippen LogP contribution < -0.4 is 0 Å². The molecule has 0 bridgehead atoms. The maximum Gasteiger partial charge on any atom is 0.306 e. The van der Waals surface area contributed by atoms with Gasteiger partial charge in [0.05, 0.1) is 26.4 Å². The van der Waals surface area contributed by atoms with Crippen LogP contribution in [0.1, 0.15) is 206 Å². The van der Waals surface area contributed by atoms with E-state index >= 15 is 0 Å². The summed E-state index contributed by atoms with van der Waals surface area (Å²) in [5.41, 5.74) is 0. The van der Waals surface area contributed by atoms with E-state index in [1.54, 1.807) is 0 Å². The molecule has 0 spiro atoms. The fraction of sp³-hybridized carbons (Fsp3) is 0.873. The average molecular weight is 985 g/mol. The molecular weight excluding hydrogens is 885 g/mol. The van der Waals surface area contributed by atoms with Crippen LogP contribution in [0.5, 0.6) is 0 Å². The van der Waals surface area contributed by atoms with Crippen molar-refractivity contribution in [1.29, 1.82) is 0 Å². The highest BCUT2D eigenvalue weighted by atomic mass is 16.7. The Morgan fingerprint density at radius 1 is 0.478 bits per heavy atom. The van der Waals surface area contributed by atoms with Crippen LogP contribution in [0.3, 0.4) is 0 Å². The van der Waals surface area contributed by atoms with Crippen molar-refractivity contribution in [3.8, 4) is 0 Å². The van der Waals surface area contributed by atoms with Gasteiger partial charge in [-0.15, -0.1) is 0 Å². The molecule has 14 nitrogen and oxygen atoms in total. The molecule has 0 aliphatic carbocycles. The molecule has 2 saturated heterocycles. The topological polar surface area (TPSA) is 214 Å². The molecule has 11 atom stereocenters. The third kappa shape index (κ3) is 30.1. The number of esters is 1. The molecular formula is C55H100O14. The number of hydrogen-bond donors (Lipinski definition) is 7. The summed E-state index contributed by atoms with van der Waals surface area (Å²) < 4.78 is 34.3. The first-order valence-electron chi connectivity index (χ1n) is 27.6. The number of allylic oxidation sites excluding steroid dienone is 6. The lowest BCUT2D eigenvalue weighted by molar-refractivity contribution is -0.332. The van der Waals surface area contributed by atoms with Crippen molar-refractivity contribution in [2.45, 2.75) is 274 Å². The predicted octanol–water partition coefficient (Wildman–Crippen LogP) is 8.97. The highest BCUT2D eigenvalue weighted by molar-refractivity contribution is 5.69. The van der Waals surface area contributed by atoms with Gasteiger partial charge in [0, 0.05) is 13.0 Å². The van der Waals surface area contributed by atoms with Gasteiger partial charge in [-0.3, -0.25) is 4.79 Å². The zero-order valence-corrected chi connectivity index (χ0v) is 43.1. The van der Waals surface area contributed by atoms with E-state index in [9.17, 15) is 40.5 Å². The molecule has 0 radical (unpaired) electrons. The van der Waals surface area contributed by atoms with Gasteiger partial charge in [0.25, 0.3) is 0 Å². The number of hydrogen-bond acceptors (Lipinski definition) is 14. The minimum absolute atomic E-state index is 0.0547. The fourth-order valence-corrected chi connectivity index (χ4v) is 8.60. The van der Waals surface area contributed by atoms with E-state index < -0.39 is 80.7 Å². The summed E-state index contributed by atoms with van der Waals surface area (Å²) in [5.74, 6) is -0.389. The summed E-state index contributed by atoms with van der Waals surface area (Å²) in [4.78, 5) is 13.0. The standard InChI is InChI=1S/C55H100O14/c1-3-5-7-9-11-13-15-17-19-21-22-23-25-27-29-31-33-35-37-39-64-41-44(67-47(57)38-36-34-32-30-28-26-24-20-18-16-14-12-10-8-6-4-2)42-65-54-53(63)51(61)49(59)46(69-54)43-66-55-52(62)50(60)48(58)45(40-56)68-55/h14,16,19-21,24,44-46,48-56,58-63H,3-13,15,17-18,22-23,25-43H2,1-2H3/b16-14-,21-19-,24-20-. The fourth-order valence-electron chi connectivity index (χ4n) is 8.60. The molecule has 2 aliphatic heterocycles. The summed E-state index contributed by atoms with van der Waals surface area (Å²) in [7, 11) is 0. The van der Waals surface area contributed by atoms with Crippen LogP contribution in [0.2, 0.25) is 0 Å². The lowest BCUT2D eigenvalue weighted by Crippen LogP contribution is -2.61. The maximum absolute atomic E-state index is 13.0. The molecule has 0 aromatic carbocycles. The first kappa shape index (κ1) is 63.3. The van der Waals surface area contributed by atoms with E-state index in [0.717, 1.165) is 64.2 Å². The number of aliphatic hydroxyl groups is 7. The summed E-state index contributed by atoms with van der Waals surface area (Å²) in [6.07, 6.45) is 32.0. The Labute approximate surface area is 417 Å². The molecule has 0 aromatic heterocycles. The van der Waals surface area contributed by atoms with Gasteiger partial charge in [0.15, 0.2) is 12.6 Å². The average Bonchev–Trinajstić information content (AvgIpc) is 3.35. The Bertz CT molecular complexity index is 1280. The molecule has 0 aromatic rings. The first-order chi connectivity index (χ1) is 33.6. The van der Waals surface area contributed by atoms with Gasteiger partial charge < -0.3 is 64.2 Å². The van der Waals surface area contributed by atoms with Gasteiger partial charge in [-0.1, -0.05) is 166 Å².